The van der Waals surface area contributed by atoms with Gasteiger partial charge < -0.3 is 14.4 Å². The van der Waals surface area contributed by atoms with Gasteiger partial charge in [0, 0.05) is 64.3 Å². The molecule has 12 nitrogen and oxygen atoms in total. The van der Waals surface area contributed by atoms with Crippen LogP contribution in [0.5, 0.6) is 5.75 Å². The van der Waals surface area contributed by atoms with E-state index in [4.69, 9.17) is 9.47 Å². The summed E-state index contributed by atoms with van der Waals surface area (Å²) in [7, 11) is 1.60. The van der Waals surface area contributed by atoms with Crippen LogP contribution in [0.4, 0.5) is 4.79 Å². The molecule has 0 N–H and O–H groups in total. The number of fused-ring (bicyclic) bond motifs is 1. The number of imide groups is 1. The summed E-state index contributed by atoms with van der Waals surface area (Å²) in [5, 5.41) is 0. The van der Waals surface area contributed by atoms with Crippen molar-refractivity contribution in [2.45, 2.75) is 103 Å². The minimum Gasteiger partial charge on any atom is -0.497 e. The summed E-state index contributed by atoms with van der Waals surface area (Å²) >= 11 is 0. The van der Waals surface area contributed by atoms with Crippen LogP contribution in [0.15, 0.2) is 47.3 Å². The molecule has 1 saturated carbocycles. The summed E-state index contributed by atoms with van der Waals surface area (Å²) in [6.07, 6.45) is 4.21. The van der Waals surface area contributed by atoms with E-state index in [2.05, 4.69) is 28.9 Å². The number of rotatable bonds is 9. The van der Waals surface area contributed by atoms with E-state index in [9.17, 15) is 19.2 Å². The maximum Gasteiger partial charge on any atom is 0.410 e. The molecule has 280 valence electrons. The molecule has 1 unspecified atom stereocenters. The largest absolute Gasteiger partial charge is 0.497 e. The molecule has 0 radical (unpaired) electrons. The van der Waals surface area contributed by atoms with Crippen LogP contribution in [-0.4, -0.2) is 105 Å². The number of hydrogen-bond donors (Lipinski definition) is 0. The first kappa shape index (κ1) is 36.2. The van der Waals surface area contributed by atoms with Crippen molar-refractivity contribution in [2.75, 3.05) is 46.4 Å². The average Bonchev–Trinajstić information content (AvgIpc) is 3.90. The van der Waals surface area contributed by atoms with Crippen LogP contribution in [0.2, 0.25) is 0 Å². The summed E-state index contributed by atoms with van der Waals surface area (Å²) in [6, 6.07) is 13.4. The van der Waals surface area contributed by atoms with Crippen LogP contribution in [0.1, 0.15) is 89.4 Å². The molecule has 1 aromatic heterocycles. The highest BCUT2D eigenvalue weighted by molar-refractivity contribution is 6.00. The number of amides is 3. The number of piperazine rings is 1. The summed E-state index contributed by atoms with van der Waals surface area (Å²) in [6.45, 7) is 14.4. The number of imidazole rings is 1. The molecular formula is C40H54N6O6. The highest BCUT2D eigenvalue weighted by Gasteiger charge is 2.39. The Morgan fingerprint density at radius 1 is 0.827 bits per heavy atom. The van der Waals surface area contributed by atoms with E-state index in [1.165, 1.54) is 4.90 Å². The van der Waals surface area contributed by atoms with E-state index in [1.807, 2.05) is 60.6 Å². The Hall–Kier alpha value is -4.16. The fourth-order valence-electron chi connectivity index (χ4n) is 8.21. The molecule has 4 heterocycles. The number of ether oxygens (including phenoxy) is 2. The molecule has 12 heteroatoms. The lowest BCUT2D eigenvalue weighted by Crippen LogP contribution is -2.53. The molecule has 3 aromatic rings. The lowest BCUT2D eigenvalue weighted by Gasteiger charge is -2.42. The highest BCUT2D eigenvalue weighted by Crippen LogP contribution is 2.38. The zero-order chi connectivity index (χ0) is 36.7. The van der Waals surface area contributed by atoms with Crippen molar-refractivity contribution in [1.29, 1.82) is 0 Å². The molecule has 3 saturated heterocycles. The summed E-state index contributed by atoms with van der Waals surface area (Å²) in [5.41, 5.74) is 2.98. The third-order valence-electron chi connectivity index (χ3n) is 11.2. The quantitative estimate of drug-likeness (QED) is 0.279. The summed E-state index contributed by atoms with van der Waals surface area (Å²) in [4.78, 5) is 61.8. The van der Waals surface area contributed by atoms with E-state index < -0.39 is 11.6 Å². The molecule has 2 atom stereocenters. The van der Waals surface area contributed by atoms with E-state index in [0.717, 1.165) is 93.7 Å². The van der Waals surface area contributed by atoms with Gasteiger partial charge in [-0.15, -0.1) is 0 Å². The van der Waals surface area contributed by atoms with Gasteiger partial charge in [0.1, 0.15) is 17.4 Å². The number of carbonyl (C=O) groups is 3. The molecule has 2 aromatic carbocycles. The van der Waals surface area contributed by atoms with Gasteiger partial charge >= 0.3 is 11.8 Å². The molecule has 0 bridgehead atoms. The predicted molar refractivity (Wildman–Crippen MR) is 198 cm³/mol. The monoisotopic (exact) mass is 714 g/mol. The van der Waals surface area contributed by atoms with Gasteiger partial charge in [0.25, 0.3) is 5.91 Å². The van der Waals surface area contributed by atoms with Gasteiger partial charge in [0.2, 0.25) is 5.91 Å². The van der Waals surface area contributed by atoms with Gasteiger partial charge in [-0.2, -0.15) is 0 Å². The van der Waals surface area contributed by atoms with Gasteiger partial charge in [-0.25, -0.2) is 9.59 Å². The number of methoxy groups -OCH3 is 1. The Bertz CT molecular complexity index is 1850. The van der Waals surface area contributed by atoms with Crippen molar-refractivity contribution in [2.24, 2.45) is 5.92 Å². The number of piperidine rings is 2. The lowest BCUT2D eigenvalue weighted by atomic mass is 9.95. The Labute approximate surface area is 306 Å². The second kappa shape index (κ2) is 14.7. The Balaban J connectivity index is 1.00. The van der Waals surface area contributed by atoms with Crippen LogP contribution in [0.25, 0.3) is 11.0 Å². The third-order valence-corrected chi connectivity index (χ3v) is 11.2. The van der Waals surface area contributed by atoms with E-state index in [0.29, 0.717) is 24.1 Å². The second-order valence-corrected chi connectivity index (χ2v) is 16.3. The highest BCUT2D eigenvalue weighted by atomic mass is 16.6. The number of likely N-dealkylation sites (tertiary alicyclic amines) is 2. The molecule has 7 rings (SSSR count). The smallest absolute Gasteiger partial charge is 0.410 e. The van der Waals surface area contributed by atoms with Crippen molar-refractivity contribution >= 4 is 28.9 Å². The maximum atomic E-state index is 14.1. The van der Waals surface area contributed by atoms with Crippen molar-refractivity contribution in [1.82, 2.24) is 28.7 Å². The topological polar surface area (TPSA) is 110 Å². The van der Waals surface area contributed by atoms with Gasteiger partial charge in [-0.3, -0.25) is 33.4 Å². The molecule has 3 aliphatic heterocycles. The van der Waals surface area contributed by atoms with Crippen LogP contribution in [-0.2, 0) is 27.4 Å². The number of aromatic nitrogens is 2. The first-order valence-corrected chi connectivity index (χ1v) is 19.1. The normalized spacial score (nSPS) is 22.7. The zero-order valence-electron chi connectivity index (χ0n) is 31.4. The Morgan fingerprint density at radius 2 is 1.54 bits per heavy atom. The van der Waals surface area contributed by atoms with Crippen molar-refractivity contribution < 1.29 is 23.9 Å². The molecule has 52 heavy (non-hydrogen) atoms. The Morgan fingerprint density at radius 3 is 2.19 bits per heavy atom. The standard InChI is InChI=1S/C40H54N6O6/c1-27-23-41(20-21-43(27)25-29-16-18-42(19-17-29)39(50)52-40(2,3)4)24-30-8-13-33-35(22-30)45(31-9-10-31)38(49)46(33)34-14-15-36(47)44(37(34)48)26-28-6-11-32(51-5)12-7-28/h6-8,11-13,22,27,29,31,34H,9-10,14-21,23-26H2,1-5H3/t27-,34?/m0/s1. The number of carbonyl (C=O) groups excluding carboxylic acids is 3. The van der Waals surface area contributed by atoms with E-state index in [1.54, 1.807) is 11.7 Å². The molecule has 1 aliphatic carbocycles. The zero-order valence-corrected chi connectivity index (χ0v) is 31.4. The van der Waals surface area contributed by atoms with E-state index in [-0.39, 0.29) is 42.6 Å². The predicted octanol–water partition coefficient (Wildman–Crippen LogP) is 5.19. The van der Waals surface area contributed by atoms with Crippen LogP contribution >= 0.6 is 0 Å². The second-order valence-electron chi connectivity index (χ2n) is 16.3. The first-order chi connectivity index (χ1) is 24.9. The molecule has 3 amide bonds. The summed E-state index contributed by atoms with van der Waals surface area (Å²) < 4.78 is 14.4. The molecule has 4 fully saturated rings. The lowest BCUT2D eigenvalue weighted by molar-refractivity contribution is -0.151. The molecule has 0 spiro atoms. The minimum absolute atomic E-state index is 0.141. The minimum atomic E-state index is -0.727. The molecule has 4 aliphatic rings. The van der Waals surface area contributed by atoms with Crippen LogP contribution in [0, 0.1) is 5.92 Å². The fourth-order valence-corrected chi connectivity index (χ4v) is 8.21. The van der Waals surface area contributed by atoms with E-state index >= 15 is 0 Å². The van der Waals surface area contributed by atoms with Crippen molar-refractivity contribution in [3.63, 3.8) is 0 Å². The van der Waals surface area contributed by atoms with Gasteiger partial charge in [-0.1, -0.05) is 18.2 Å². The van der Waals surface area contributed by atoms with Crippen molar-refractivity contribution in [3.8, 4) is 5.75 Å². The average molecular weight is 715 g/mol. The van der Waals surface area contributed by atoms with Crippen LogP contribution in [0.3, 0.4) is 0 Å². The summed E-state index contributed by atoms with van der Waals surface area (Å²) in [5.74, 6) is 0.741. The van der Waals surface area contributed by atoms with Crippen molar-refractivity contribution in [3.05, 3.63) is 64.1 Å². The maximum absolute atomic E-state index is 14.1. The van der Waals surface area contributed by atoms with Crippen LogP contribution < -0.4 is 10.4 Å². The third kappa shape index (κ3) is 7.78. The van der Waals surface area contributed by atoms with Gasteiger partial charge in [-0.05, 0) is 101 Å². The Kier molecular flexibility index (Phi) is 10.2. The first-order valence-electron chi connectivity index (χ1n) is 19.1. The number of hydrogen-bond acceptors (Lipinski definition) is 8. The van der Waals surface area contributed by atoms with Gasteiger partial charge in [0.15, 0.2) is 0 Å². The number of benzene rings is 2. The van der Waals surface area contributed by atoms with Gasteiger partial charge in [0.05, 0.1) is 24.7 Å². The SMILES string of the molecule is COc1ccc(CN2C(=O)CCC(n3c(=O)n(C4CC4)c4cc(CN5CCN(CC6CCN(C(=O)OC(C)(C)C)CC6)[C@@H](C)C5)ccc43)C2=O)cc1. The number of nitrogens with zero attached hydrogens (tertiary/aromatic N) is 6. The fraction of sp³-hybridized carbons (Fsp3) is 0.600. The molecular weight excluding hydrogens is 660 g/mol.